The van der Waals surface area contributed by atoms with Crippen molar-refractivity contribution >= 4 is 28.5 Å². The van der Waals surface area contributed by atoms with Gasteiger partial charge < -0.3 is 10.0 Å². The summed E-state index contributed by atoms with van der Waals surface area (Å²) >= 11 is 3.41. The Morgan fingerprint density at radius 2 is 0.957 bits per heavy atom. The molecule has 6 aromatic rings. The summed E-state index contributed by atoms with van der Waals surface area (Å²) < 4.78 is 26.6. The third-order valence-electron chi connectivity index (χ3n) is 6.05. The maximum atomic E-state index is 13.3. The van der Waals surface area contributed by atoms with E-state index in [1.165, 1.54) is 30.3 Å². The number of hydrogen-bond donors (Lipinski definition) is 2. The van der Waals surface area contributed by atoms with Crippen molar-refractivity contribution in [2.24, 2.45) is 0 Å². The number of aromatic nitrogens is 2. The summed E-state index contributed by atoms with van der Waals surface area (Å²) in [7, 11) is -1.59. The molecular formula is C38H26BBrF2N2O2. The molecule has 46 heavy (non-hydrogen) atoms. The lowest BCUT2D eigenvalue weighted by atomic mass is 9.80. The van der Waals surface area contributed by atoms with E-state index in [9.17, 15) is 8.78 Å². The lowest BCUT2D eigenvalue weighted by Gasteiger charge is -2.02. The van der Waals surface area contributed by atoms with E-state index in [0.717, 1.165) is 43.9 Å². The van der Waals surface area contributed by atoms with Gasteiger partial charge >= 0.3 is 7.12 Å². The Kier molecular flexibility index (Phi) is 13.0. The van der Waals surface area contributed by atoms with Gasteiger partial charge in [-0.25, -0.2) is 8.78 Å². The molecule has 0 aliphatic carbocycles. The average molecular weight is 671 g/mol. The van der Waals surface area contributed by atoms with Crippen molar-refractivity contribution in [1.82, 2.24) is 9.97 Å². The molecule has 6 rings (SSSR count). The minimum absolute atomic E-state index is 0.167. The van der Waals surface area contributed by atoms with Crippen LogP contribution in [-0.4, -0.2) is 27.1 Å². The van der Waals surface area contributed by atoms with Crippen LogP contribution in [0.3, 0.4) is 0 Å². The van der Waals surface area contributed by atoms with Crippen molar-refractivity contribution in [3.8, 4) is 34.8 Å². The summed E-state index contributed by atoms with van der Waals surface area (Å²) in [6, 6.07) is 35.0. The molecule has 4 aromatic carbocycles. The monoisotopic (exact) mass is 670 g/mol. The molecule has 0 aliphatic heterocycles. The predicted octanol–water partition coefficient (Wildman–Crippen LogP) is 7.04. The van der Waals surface area contributed by atoms with Gasteiger partial charge in [-0.1, -0.05) is 82.1 Å². The highest BCUT2D eigenvalue weighted by molar-refractivity contribution is 9.10. The van der Waals surface area contributed by atoms with Gasteiger partial charge in [0.15, 0.2) is 0 Å². The van der Waals surface area contributed by atoms with Crippen molar-refractivity contribution in [3.05, 3.63) is 184 Å². The summed E-state index contributed by atoms with van der Waals surface area (Å²) in [4.78, 5) is 7.90. The summed E-state index contributed by atoms with van der Waals surface area (Å²) in [5.41, 5.74) is 5.76. The molecule has 4 nitrogen and oxygen atoms in total. The van der Waals surface area contributed by atoms with Crippen LogP contribution >= 0.6 is 15.9 Å². The van der Waals surface area contributed by atoms with Gasteiger partial charge in [-0.05, 0) is 95.5 Å². The minimum Gasteiger partial charge on any atom is -0.423 e. The van der Waals surface area contributed by atoms with Crippen molar-refractivity contribution in [2.75, 3.05) is 0 Å². The van der Waals surface area contributed by atoms with Gasteiger partial charge in [0.1, 0.15) is 11.6 Å². The van der Waals surface area contributed by atoms with E-state index in [0.29, 0.717) is 0 Å². The highest BCUT2D eigenvalue weighted by Crippen LogP contribution is 2.21. The van der Waals surface area contributed by atoms with Crippen molar-refractivity contribution < 1.29 is 18.8 Å². The largest absolute Gasteiger partial charge is 0.488 e. The lowest BCUT2D eigenvalue weighted by Crippen LogP contribution is -2.29. The second-order valence-corrected chi connectivity index (χ2v) is 10.4. The lowest BCUT2D eigenvalue weighted by molar-refractivity contribution is 0.425. The Hall–Kier alpha value is -5.38. The maximum absolute atomic E-state index is 13.3. The van der Waals surface area contributed by atoms with Crippen LogP contribution < -0.4 is 5.46 Å². The first kappa shape index (κ1) is 33.5. The molecule has 2 N–H and O–H groups in total. The van der Waals surface area contributed by atoms with Gasteiger partial charge in [0.05, 0.1) is 0 Å². The Balaban J connectivity index is 0.000000168. The third-order valence-corrected chi connectivity index (χ3v) is 6.55. The normalized spacial score (nSPS) is 9.50. The number of pyridine rings is 2. The van der Waals surface area contributed by atoms with Crippen LogP contribution in [0.15, 0.2) is 151 Å². The highest BCUT2D eigenvalue weighted by Gasteiger charge is 2.10. The SMILES string of the molecule is Brc1cccc(C#Cc2ccncc2)c1.Fc1cccc(-c2cccc(C#Cc3ccncc3)c2)c1.OB(O)c1cccc(F)c1. The van der Waals surface area contributed by atoms with Crippen LogP contribution in [-0.2, 0) is 0 Å². The van der Waals surface area contributed by atoms with Gasteiger partial charge in [-0.15, -0.1) is 0 Å². The number of halogens is 3. The molecule has 0 spiro atoms. The van der Waals surface area contributed by atoms with E-state index in [-0.39, 0.29) is 11.3 Å². The molecule has 0 aliphatic rings. The predicted molar refractivity (Wildman–Crippen MR) is 183 cm³/mol. The highest BCUT2D eigenvalue weighted by atomic mass is 79.9. The molecule has 0 unspecified atom stereocenters. The molecule has 2 heterocycles. The van der Waals surface area contributed by atoms with Crippen LogP contribution in [0.2, 0.25) is 0 Å². The average Bonchev–Trinajstić information content (AvgIpc) is 3.08. The van der Waals surface area contributed by atoms with Crippen molar-refractivity contribution in [3.63, 3.8) is 0 Å². The second-order valence-electron chi connectivity index (χ2n) is 9.50. The number of rotatable bonds is 2. The van der Waals surface area contributed by atoms with Gasteiger partial charge in [-0.2, -0.15) is 0 Å². The zero-order valence-electron chi connectivity index (χ0n) is 24.4. The van der Waals surface area contributed by atoms with Crippen LogP contribution in [0, 0.1) is 35.3 Å². The molecule has 0 amide bonds. The molecular weight excluding hydrogens is 645 g/mol. The van der Waals surface area contributed by atoms with Crippen molar-refractivity contribution in [1.29, 1.82) is 0 Å². The van der Waals surface area contributed by atoms with E-state index in [4.69, 9.17) is 10.0 Å². The maximum Gasteiger partial charge on any atom is 0.488 e. The zero-order chi connectivity index (χ0) is 32.6. The quantitative estimate of drug-likeness (QED) is 0.153. The fourth-order valence-corrected chi connectivity index (χ4v) is 4.24. The van der Waals surface area contributed by atoms with E-state index in [2.05, 4.69) is 49.6 Å². The number of nitrogens with zero attached hydrogens (tertiary/aromatic N) is 2. The molecule has 0 saturated carbocycles. The molecule has 0 bridgehead atoms. The summed E-state index contributed by atoms with van der Waals surface area (Å²) in [5.74, 6) is 11.7. The topological polar surface area (TPSA) is 66.2 Å². The summed E-state index contributed by atoms with van der Waals surface area (Å²) in [6.45, 7) is 0. The summed E-state index contributed by atoms with van der Waals surface area (Å²) in [6.07, 6.45) is 6.91. The molecule has 8 heteroatoms. The molecule has 0 fully saturated rings. The van der Waals surface area contributed by atoms with Crippen molar-refractivity contribution in [2.45, 2.75) is 0 Å². The zero-order valence-corrected chi connectivity index (χ0v) is 25.9. The van der Waals surface area contributed by atoms with E-state index < -0.39 is 12.9 Å². The third kappa shape index (κ3) is 11.6. The van der Waals surface area contributed by atoms with Gasteiger partial charge in [0.2, 0.25) is 0 Å². The smallest absolute Gasteiger partial charge is 0.423 e. The number of hydrogen-bond acceptors (Lipinski definition) is 4. The molecule has 0 radical (unpaired) electrons. The van der Waals surface area contributed by atoms with Gasteiger partial charge in [-0.3, -0.25) is 9.97 Å². The Labute approximate surface area is 275 Å². The first-order valence-corrected chi connectivity index (χ1v) is 14.7. The van der Waals surface area contributed by atoms with Gasteiger partial charge in [0, 0.05) is 51.5 Å². The molecule has 224 valence electrons. The van der Waals surface area contributed by atoms with E-state index >= 15 is 0 Å². The van der Waals surface area contributed by atoms with Crippen LogP contribution in [0.5, 0.6) is 0 Å². The summed E-state index contributed by atoms with van der Waals surface area (Å²) in [5, 5.41) is 17.1. The Morgan fingerprint density at radius 3 is 1.46 bits per heavy atom. The van der Waals surface area contributed by atoms with Crippen LogP contribution in [0.25, 0.3) is 11.1 Å². The Bertz CT molecular complexity index is 1990. The number of benzene rings is 4. The first-order chi connectivity index (χ1) is 22.4. The molecule has 2 aromatic heterocycles. The van der Waals surface area contributed by atoms with E-state index in [1.807, 2.05) is 78.9 Å². The second kappa shape index (κ2) is 17.8. The Morgan fingerprint density at radius 1 is 0.500 bits per heavy atom. The van der Waals surface area contributed by atoms with Crippen LogP contribution in [0.1, 0.15) is 22.3 Å². The standard InChI is InChI=1S/C19H12FN.C13H8BrN.C6H6BFO2/c20-19-6-2-5-18(14-19)17-4-1-3-16(13-17)8-7-15-9-11-21-12-10-15;14-13-3-1-2-12(10-13)5-4-11-6-8-15-9-7-11;8-6-3-1-2-5(4-6)7(9)10/h1-6,9-14H;1-3,6-10H;1-4,9-10H. The fraction of sp³-hybridized carbons (Fsp3) is 0. The molecule has 0 saturated heterocycles. The van der Waals surface area contributed by atoms with E-state index in [1.54, 1.807) is 30.9 Å². The van der Waals surface area contributed by atoms with Gasteiger partial charge in [0.25, 0.3) is 0 Å². The minimum atomic E-state index is -1.59. The molecule has 0 atom stereocenters. The van der Waals surface area contributed by atoms with Crippen LogP contribution in [0.4, 0.5) is 8.78 Å². The fourth-order valence-electron chi connectivity index (χ4n) is 3.84. The first-order valence-electron chi connectivity index (χ1n) is 13.9.